The molecule has 2 rings (SSSR count). The molecule has 1 unspecified atom stereocenters. The average molecular weight is 278 g/mol. The normalized spacial score (nSPS) is 11.9. The molecule has 0 bridgehead atoms. The molecule has 0 radical (unpaired) electrons. The van der Waals surface area contributed by atoms with Gasteiger partial charge in [-0.1, -0.05) is 17.7 Å². The highest BCUT2D eigenvalue weighted by Crippen LogP contribution is 2.26. The van der Waals surface area contributed by atoms with E-state index in [1.807, 2.05) is 31.2 Å². The Labute approximate surface area is 114 Å². The first kappa shape index (κ1) is 13.5. The maximum absolute atomic E-state index is 12.5. The summed E-state index contributed by atoms with van der Waals surface area (Å²) < 4.78 is 22.6. The van der Waals surface area contributed by atoms with Crippen LogP contribution in [-0.2, 0) is 10.8 Å². The van der Waals surface area contributed by atoms with E-state index in [0.29, 0.717) is 15.7 Å². The highest BCUT2D eigenvalue weighted by molar-refractivity contribution is 7.85. The van der Waals surface area contributed by atoms with Crippen LogP contribution in [0.1, 0.15) is 5.56 Å². The number of aromatic nitrogens is 2. The molecule has 0 saturated carbocycles. The Morgan fingerprint density at radius 3 is 2.32 bits per heavy atom. The zero-order valence-electron chi connectivity index (χ0n) is 10.9. The monoisotopic (exact) mass is 278 g/mol. The van der Waals surface area contributed by atoms with Crippen LogP contribution in [0.2, 0.25) is 0 Å². The van der Waals surface area contributed by atoms with Crippen molar-refractivity contribution in [1.29, 1.82) is 0 Å². The van der Waals surface area contributed by atoms with E-state index in [-0.39, 0.29) is 5.88 Å². The molecule has 5 nitrogen and oxygen atoms in total. The number of ether oxygens (including phenoxy) is 2. The number of methoxy groups -OCH3 is 2. The minimum Gasteiger partial charge on any atom is -0.480 e. The first-order valence-electron chi connectivity index (χ1n) is 5.60. The molecule has 0 aliphatic heterocycles. The van der Waals surface area contributed by atoms with Gasteiger partial charge in [-0.25, -0.2) is 4.21 Å². The molecule has 100 valence electrons. The lowest BCUT2D eigenvalue weighted by Crippen LogP contribution is -2.02. The minimum absolute atomic E-state index is 0.236. The van der Waals surface area contributed by atoms with Crippen LogP contribution < -0.4 is 9.47 Å². The fourth-order valence-corrected chi connectivity index (χ4v) is 2.64. The molecule has 0 fully saturated rings. The van der Waals surface area contributed by atoms with Crippen LogP contribution in [0.25, 0.3) is 0 Å². The molecular formula is C13H14N2O3S. The predicted molar refractivity (Wildman–Crippen MR) is 71.0 cm³/mol. The number of rotatable bonds is 4. The Hall–Kier alpha value is -1.95. The van der Waals surface area contributed by atoms with Gasteiger partial charge in [-0.3, -0.25) is 0 Å². The van der Waals surface area contributed by atoms with Crippen molar-refractivity contribution in [3.8, 4) is 11.8 Å². The standard InChI is InChI=1S/C13H14N2O3S/c1-9-4-6-10(7-5-9)19(16)11-8-12(17-2)14-15-13(11)18-3/h4-8H,1-3H3. The van der Waals surface area contributed by atoms with Gasteiger partial charge in [0.1, 0.15) is 4.90 Å². The Bertz CT molecular complexity index is 599. The summed E-state index contributed by atoms with van der Waals surface area (Å²) in [6.45, 7) is 1.98. The summed E-state index contributed by atoms with van der Waals surface area (Å²) in [5.74, 6) is 0.538. The van der Waals surface area contributed by atoms with Crippen molar-refractivity contribution in [3.05, 3.63) is 35.9 Å². The van der Waals surface area contributed by atoms with E-state index in [0.717, 1.165) is 5.56 Å². The summed E-state index contributed by atoms with van der Waals surface area (Å²) in [6, 6.07) is 9.02. The summed E-state index contributed by atoms with van der Waals surface area (Å²) in [5, 5.41) is 7.63. The number of benzene rings is 1. The van der Waals surface area contributed by atoms with E-state index in [2.05, 4.69) is 10.2 Å². The number of hydrogen-bond donors (Lipinski definition) is 0. The van der Waals surface area contributed by atoms with Gasteiger partial charge in [0.2, 0.25) is 11.8 Å². The maximum Gasteiger partial charge on any atom is 0.250 e. The number of nitrogens with zero attached hydrogens (tertiary/aromatic N) is 2. The molecular weight excluding hydrogens is 264 g/mol. The number of hydrogen-bond acceptors (Lipinski definition) is 5. The van der Waals surface area contributed by atoms with Crippen LogP contribution in [-0.4, -0.2) is 28.6 Å². The molecule has 1 aromatic heterocycles. The molecule has 2 aromatic rings. The lowest BCUT2D eigenvalue weighted by Gasteiger charge is -2.08. The third kappa shape index (κ3) is 2.90. The molecule has 19 heavy (non-hydrogen) atoms. The van der Waals surface area contributed by atoms with Crippen LogP contribution in [0, 0.1) is 6.92 Å². The van der Waals surface area contributed by atoms with Crippen molar-refractivity contribution in [2.24, 2.45) is 0 Å². The van der Waals surface area contributed by atoms with Crippen LogP contribution in [0.15, 0.2) is 40.1 Å². The van der Waals surface area contributed by atoms with Gasteiger partial charge in [0.25, 0.3) is 0 Å². The summed E-state index contributed by atoms with van der Waals surface area (Å²) in [5.41, 5.74) is 1.11. The van der Waals surface area contributed by atoms with E-state index in [9.17, 15) is 4.21 Å². The van der Waals surface area contributed by atoms with Crippen molar-refractivity contribution in [2.45, 2.75) is 16.7 Å². The Balaban J connectivity index is 2.44. The van der Waals surface area contributed by atoms with Crippen molar-refractivity contribution < 1.29 is 13.7 Å². The SMILES string of the molecule is COc1cc(S(=O)c2ccc(C)cc2)c(OC)nn1. The zero-order chi connectivity index (χ0) is 13.8. The third-order valence-corrected chi connectivity index (χ3v) is 3.93. The molecule has 0 N–H and O–H groups in total. The second-order valence-electron chi connectivity index (χ2n) is 3.84. The van der Waals surface area contributed by atoms with Gasteiger partial charge in [0.15, 0.2) is 0 Å². The van der Waals surface area contributed by atoms with Crippen molar-refractivity contribution in [3.63, 3.8) is 0 Å². The van der Waals surface area contributed by atoms with Gasteiger partial charge >= 0.3 is 0 Å². The largest absolute Gasteiger partial charge is 0.480 e. The van der Waals surface area contributed by atoms with Gasteiger partial charge in [-0.15, -0.1) is 10.2 Å². The van der Waals surface area contributed by atoms with Gasteiger partial charge in [-0.05, 0) is 19.1 Å². The van der Waals surface area contributed by atoms with Crippen LogP contribution in [0.3, 0.4) is 0 Å². The van der Waals surface area contributed by atoms with Gasteiger partial charge < -0.3 is 9.47 Å². The fraction of sp³-hybridized carbons (Fsp3) is 0.231. The smallest absolute Gasteiger partial charge is 0.250 e. The van der Waals surface area contributed by atoms with Gasteiger partial charge in [0.05, 0.1) is 25.0 Å². The van der Waals surface area contributed by atoms with Crippen molar-refractivity contribution >= 4 is 10.8 Å². The highest BCUT2D eigenvalue weighted by atomic mass is 32.2. The maximum atomic E-state index is 12.5. The summed E-state index contributed by atoms with van der Waals surface area (Å²) in [4.78, 5) is 1.12. The molecule has 0 saturated heterocycles. The molecule has 1 aromatic carbocycles. The van der Waals surface area contributed by atoms with E-state index in [4.69, 9.17) is 9.47 Å². The topological polar surface area (TPSA) is 61.3 Å². The summed E-state index contributed by atoms with van der Waals surface area (Å²) in [7, 11) is 1.56. The average Bonchev–Trinajstić information content (AvgIpc) is 2.46. The first-order chi connectivity index (χ1) is 9.15. The summed E-state index contributed by atoms with van der Waals surface area (Å²) >= 11 is 0. The Morgan fingerprint density at radius 2 is 1.74 bits per heavy atom. The second kappa shape index (κ2) is 5.79. The molecule has 0 spiro atoms. The van der Waals surface area contributed by atoms with Crippen molar-refractivity contribution in [1.82, 2.24) is 10.2 Å². The quantitative estimate of drug-likeness (QED) is 0.855. The van der Waals surface area contributed by atoms with E-state index < -0.39 is 10.8 Å². The Morgan fingerprint density at radius 1 is 1.05 bits per heavy atom. The van der Waals surface area contributed by atoms with Crippen LogP contribution >= 0.6 is 0 Å². The fourth-order valence-electron chi connectivity index (χ4n) is 1.51. The van der Waals surface area contributed by atoms with Crippen LogP contribution in [0.4, 0.5) is 0 Å². The van der Waals surface area contributed by atoms with Crippen LogP contribution in [0.5, 0.6) is 11.8 Å². The molecule has 0 aliphatic rings. The molecule has 0 amide bonds. The first-order valence-corrected chi connectivity index (χ1v) is 6.75. The lowest BCUT2D eigenvalue weighted by molar-refractivity contribution is 0.357. The molecule has 1 heterocycles. The van der Waals surface area contributed by atoms with E-state index >= 15 is 0 Å². The highest BCUT2D eigenvalue weighted by Gasteiger charge is 2.16. The molecule has 0 aliphatic carbocycles. The number of aryl methyl sites for hydroxylation is 1. The molecule has 6 heteroatoms. The van der Waals surface area contributed by atoms with E-state index in [1.54, 1.807) is 6.07 Å². The minimum atomic E-state index is -1.39. The summed E-state index contributed by atoms with van der Waals surface area (Å²) in [6.07, 6.45) is 0. The second-order valence-corrected chi connectivity index (χ2v) is 5.29. The predicted octanol–water partition coefficient (Wildman–Crippen LogP) is 1.97. The zero-order valence-corrected chi connectivity index (χ0v) is 11.7. The lowest BCUT2D eigenvalue weighted by atomic mass is 10.2. The van der Waals surface area contributed by atoms with E-state index in [1.165, 1.54) is 14.2 Å². The Kier molecular flexibility index (Phi) is 4.11. The van der Waals surface area contributed by atoms with Crippen molar-refractivity contribution in [2.75, 3.05) is 14.2 Å². The van der Waals surface area contributed by atoms with Gasteiger partial charge in [-0.2, -0.15) is 0 Å². The molecule has 1 atom stereocenters. The third-order valence-electron chi connectivity index (χ3n) is 2.54. The van der Waals surface area contributed by atoms with Gasteiger partial charge in [0, 0.05) is 11.0 Å².